The van der Waals surface area contributed by atoms with Gasteiger partial charge < -0.3 is 14.7 Å². The van der Waals surface area contributed by atoms with Crippen LogP contribution in [0.25, 0.3) is 17.2 Å². The molecule has 0 saturated heterocycles. The zero-order chi connectivity index (χ0) is 19.7. The molecule has 28 heavy (non-hydrogen) atoms. The van der Waals surface area contributed by atoms with Crippen LogP contribution in [0, 0.1) is 5.82 Å². The van der Waals surface area contributed by atoms with Crippen LogP contribution in [0.5, 0.6) is 5.75 Å². The van der Waals surface area contributed by atoms with Crippen molar-refractivity contribution in [2.45, 2.75) is 6.54 Å². The van der Waals surface area contributed by atoms with E-state index in [0.29, 0.717) is 12.3 Å². The summed E-state index contributed by atoms with van der Waals surface area (Å²) < 4.78 is 18.8. The highest BCUT2D eigenvalue weighted by Gasteiger charge is 2.20. The summed E-state index contributed by atoms with van der Waals surface area (Å²) in [7, 11) is 1.99. The minimum Gasteiger partial charge on any atom is -0.487 e. The van der Waals surface area contributed by atoms with E-state index in [0.717, 1.165) is 26.6 Å². The van der Waals surface area contributed by atoms with Gasteiger partial charge in [-0.1, -0.05) is 36.4 Å². The lowest BCUT2D eigenvalue weighted by atomic mass is 9.99. The van der Waals surface area contributed by atoms with E-state index in [2.05, 4.69) is 11.0 Å². The lowest BCUT2D eigenvalue weighted by Crippen LogP contribution is -2.15. The average molecular weight is 395 g/mol. The Morgan fingerprint density at radius 3 is 2.71 bits per heavy atom. The molecule has 0 bridgehead atoms. The first-order valence-electron chi connectivity index (χ1n) is 8.77. The van der Waals surface area contributed by atoms with Crippen molar-refractivity contribution in [1.82, 2.24) is 0 Å². The third kappa shape index (κ3) is 3.64. The van der Waals surface area contributed by atoms with Gasteiger partial charge in [-0.15, -0.1) is 11.3 Å². The van der Waals surface area contributed by atoms with Gasteiger partial charge in [-0.3, -0.25) is 0 Å². The third-order valence-corrected chi connectivity index (χ3v) is 5.81. The summed E-state index contributed by atoms with van der Waals surface area (Å²) in [5.74, 6) is -0.498. The van der Waals surface area contributed by atoms with Crippen LogP contribution >= 0.6 is 11.3 Å². The van der Waals surface area contributed by atoms with Crippen LogP contribution in [0.3, 0.4) is 0 Å². The molecule has 0 spiro atoms. The molecule has 2 heterocycles. The Morgan fingerprint density at radius 2 is 1.96 bits per heavy atom. The van der Waals surface area contributed by atoms with Crippen molar-refractivity contribution in [1.29, 1.82) is 0 Å². The zero-order valence-corrected chi connectivity index (χ0v) is 16.0. The molecule has 1 N–H and O–H groups in total. The van der Waals surface area contributed by atoms with Crippen LogP contribution in [0.1, 0.15) is 10.4 Å². The van der Waals surface area contributed by atoms with E-state index in [1.54, 1.807) is 18.2 Å². The monoisotopic (exact) mass is 395 g/mol. The number of hydrogen-bond donors (Lipinski definition) is 1. The van der Waals surface area contributed by atoms with Crippen LogP contribution in [0.2, 0.25) is 0 Å². The maximum absolute atomic E-state index is 13.3. The number of aliphatic carboxylic acids is 1. The summed E-state index contributed by atoms with van der Waals surface area (Å²) in [6.45, 7) is 0.734. The first kappa shape index (κ1) is 18.3. The Bertz CT molecular complexity index is 1060. The third-order valence-electron chi connectivity index (χ3n) is 4.63. The van der Waals surface area contributed by atoms with Crippen molar-refractivity contribution in [3.8, 4) is 16.9 Å². The molecule has 0 unspecified atom stereocenters. The maximum Gasteiger partial charge on any atom is 0.335 e. The van der Waals surface area contributed by atoms with Crippen molar-refractivity contribution in [2.75, 3.05) is 18.6 Å². The van der Waals surface area contributed by atoms with Crippen LogP contribution in [0.15, 0.2) is 60.2 Å². The molecular weight excluding hydrogens is 377 g/mol. The van der Waals surface area contributed by atoms with E-state index < -0.39 is 5.97 Å². The van der Waals surface area contributed by atoms with Gasteiger partial charge in [0.15, 0.2) is 0 Å². The number of nitrogens with zero attached hydrogens (tertiary/aromatic N) is 1. The van der Waals surface area contributed by atoms with Crippen LogP contribution in [-0.4, -0.2) is 24.7 Å². The molecule has 142 valence electrons. The minimum absolute atomic E-state index is 0.0790. The zero-order valence-electron chi connectivity index (χ0n) is 15.2. The molecule has 1 aromatic heterocycles. The number of hydrogen-bond acceptors (Lipinski definition) is 4. The molecule has 3 aromatic rings. The van der Waals surface area contributed by atoms with Gasteiger partial charge in [0.25, 0.3) is 0 Å². The normalized spacial score (nSPS) is 12.7. The number of ether oxygens (including phenoxy) is 1. The number of benzene rings is 2. The van der Waals surface area contributed by atoms with Gasteiger partial charge >= 0.3 is 5.97 Å². The molecule has 0 fully saturated rings. The van der Waals surface area contributed by atoms with E-state index in [1.165, 1.54) is 23.5 Å². The second kappa shape index (κ2) is 7.48. The molecule has 0 amide bonds. The second-order valence-electron chi connectivity index (χ2n) is 6.60. The fourth-order valence-electron chi connectivity index (χ4n) is 3.16. The summed E-state index contributed by atoms with van der Waals surface area (Å²) >= 11 is 1.50. The highest BCUT2D eigenvalue weighted by molar-refractivity contribution is 7.17. The number of halogens is 1. The van der Waals surface area contributed by atoms with Gasteiger partial charge in [0, 0.05) is 19.7 Å². The van der Waals surface area contributed by atoms with E-state index >= 15 is 0 Å². The molecular formula is C22H18FNO3S. The summed E-state index contributed by atoms with van der Waals surface area (Å²) in [5, 5.41) is 10.1. The second-order valence-corrected chi connectivity index (χ2v) is 7.66. The Hall–Kier alpha value is -3.12. The van der Waals surface area contributed by atoms with Crippen molar-refractivity contribution >= 4 is 28.4 Å². The van der Waals surface area contributed by atoms with Gasteiger partial charge in [0.2, 0.25) is 0 Å². The molecule has 0 radical (unpaired) electrons. The van der Waals surface area contributed by atoms with Gasteiger partial charge in [0.1, 0.15) is 18.2 Å². The number of carboxylic acids is 1. The lowest BCUT2D eigenvalue weighted by Gasteiger charge is -2.19. The van der Waals surface area contributed by atoms with Gasteiger partial charge in [-0.2, -0.15) is 0 Å². The smallest absolute Gasteiger partial charge is 0.335 e. The van der Waals surface area contributed by atoms with Crippen LogP contribution < -0.4 is 9.64 Å². The average Bonchev–Trinajstić information content (AvgIpc) is 3.12. The van der Waals surface area contributed by atoms with E-state index in [1.807, 2.05) is 31.3 Å². The van der Waals surface area contributed by atoms with E-state index in [4.69, 9.17) is 9.84 Å². The molecule has 2 aromatic carbocycles. The quantitative estimate of drug-likeness (QED) is 0.657. The summed E-state index contributed by atoms with van der Waals surface area (Å²) in [4.78, 5) is 14.1. The molecule has 0 atom stereocenters. The van der Waals surface area contributed by atoms with E-state index in [9.17, 15) is 9.18 Å². The number of carboxylic acid groups (broad SMARTS) is 1. The summed E-state index contributed by atoms with van der Waals surface area (Å²) in [6.07, 6.45) is 1.68. The van der Waals surface area contributed by atoms with Crippen LogP contribution in [-0.2, 0) is 11.3 Å². The van der Waals surface area contributed by atoms with Gasteiger partial charge in [-0.05, 0) is 34.9 Å². The molecule has 6 heteroatoms. The summed E-state index contributed by atoms with van der Waals surface area (Å²) in [5.41, 5.74) is 3.39. The molecule has 0 aliphatic carbocycles. The molecule has 4 rings (SSSR count). The number of carbonyl (C=O) groups is 1. The van der Waals surface area contributed by atoms with Crippen molar-refractivity contribution in [3.05, 3.63) is 76.4 Å². The molecule has 1 aliphatic rings. The van der Waals surface area contributed by atoms with Crippen LogP contribution in [0.4, 0.5) is 9.39 Å². The van der Waals surface area contributed by atoms with Gasteiger partial charge in [0.05, 0.1) is 15.5 Å². The summed E-state index contributed by atoms with van der Waals surface area (Å²) in [6, 6.07) is 16.5. The molecule has 1 aliphatic heterocycles. The topological polar surface area (TPSA) is 49.8 Å². The molecule has 0 saturated carbocycles. The first-order chi connectivity index (χ1) is 13.5. The Balaban J connectivity index is 1.60. The SMILES string of the molecule is CN(Cc1ccccc1-c1ccc(F)cc1)c1cc2c(s1)C=C(C(=O)O)CO2. The number of rotatable bonds is 5. The molecule has 4 nitrogen and oxygen atoms in total. The Labute approximate surface area is 166 Å². The number of thiophene rings is 1. The van der Waals surface area contributed by atoms with Crippen molar-refractivity contribution < 1.29 is 19.0 Å². The fraction of sp³-hybridized carbons (Fsp3) is 0.136. The standard InChI is InChI=1S/C22H18FNO3S/c1-24(21-11-19-20(28-21)10-16(13-27-19)22(25)26)12-15-4-2-3-5-18(15)14-6-8-17(23)9-7-14/h2-11H,12-13H2,1H3,(H,25,26). The first-order valence-corrected chi connectivity index (χ1v) is 9.58. The maximum atomic E-state index is 13.3. The lowest BCUT2D eigenvalue weighted by molar-refractivity contribution is -0.132. The minimum atomic E-state index is -0.956. The number of fused-ring (bicyclic) bond motifs is 1. The number of anilines is 1. The van der Waals surface area contributed by atoms with Gasteiger partial charge in [-0.25, -0.2) is 9.18 Å². The largest absolute Gasteiger partial charge is 0.487 e. The Kier molecular flexibility index (Phi) is 4.88. The highest BCUT2D eigenvalue weighted by atomic mass is 32.1. The Morgan fingerprint density at radius 1 is 1.21 bits per heavy atom. The van der Waals surface area contributed by atoms with Crippen molar-refractivity contribution in [2.24, 2.45) is 0 Å². The predicted molar refractivity (Wildman–Crippen MR) is 109 cm³/mol. The van der Waals surface area contributed by atoms with E-state index in [-0.39, 0.29) is 18.0 Å². The van der Waals surface area contributed by atoms with Crippen molar-refractivity contribution in [3.63, 3.8) is 0 Å². The predicted octanol–water partition coefficient (Wildman–Crippen LogP) is 5.05. The highest BCUT2D eigenvalue weighted by Crippen LogP contribution is 2.40. The fourth-order valence-corrected chi connectivity index (χ4v) is 4.19.